The number of halogens is 3. The summed E-state index contributed by atoms with van der Waals surface area (Å²) in [5.74, 6) is -1.18. The fraction of sp³-hybridized carbons (Fsp3) is 0.231. The Labute approximate surface area is 112 Å². The second kappa shape index (κ2) is 5.63. The molecule has 1 aromatic heterocycles. The number of benzene rings is 1. The van der Waals surface area contributed by atoms with Gasteiger partial charge in [-0.15, -0.1) is 0 Å². The van der Waals surface area contributed by atoms with Crippen molar-refractivity contribution in [3.63, 3.8) is 0 Å². The molecule has 0 saturated heterocycles. The molecule has 1 aromatic carbocycles. The molecule has 2 rings (SSSR count). The lowest BCUT2D eigenvalue weighted by Gasteiger charge is -2.18. The van der Waals surface area contributed by atoms with Gasteiger partial charge in [0.15, 0.2) is 0 Å². The molecule has 0 aliphatic carbocycles. The van der Waals surface area contributed by atoms with Gasteiger partial charge in [-0.05, 0) is 40.7 Å². The maximum atomic E-state index is 14.1. The first-order valence-corrected chi connectivity index (χ1v) is 6.33. The molecule has 1 atom stereocenters. The molecule has 0 aliphatic rings. The molecule has 5 heteroatoms. The smallest absolute Gasteiger partial charge is 0.145 e. The maximum absolute atomic E-state index is 14.1. The molecule has 0 fully saturated rings. The Kier molecular flexibility index (Phi) is 4.14. The van der Waals surface area contributed by atoms with Gasteiger partial charge in [-0.3, -0.25) is 0 Å². The largest absolute Gasteiger partial charge is 0.472 e. The molecule has 1 N–H and O–H groups in total. The van der Waals surface area contributed by atoms with Crippen molar-refractivity contribution in [3.8, 4) is 0 Å². The lowest BCUT2D eigenvalue weighted by molar-refractivity contribution is 0.501. The van der Waals surface area contributed by atoms with E-state index in [1.54, 1.807) is 6.07 Å². The minimum Gasteiger partial charge on any atom is -0.472 e. The van der Waals surface area contributed by atoms with Crippen molar-refractivity contribution in [2.75, 3.05) is 6.54 Å². The van der Waals surface area contributed by atoms with Gasteiger partial charge in [0.1, 0.15) is 11.6 Å². The van der Waals surface area contributed by atoms with E-state index in [1.807, 2.05) is 6.92 Å². The van der Waals surface area contributed by atoms with Crippen molar-refractivity contribution >= 4 is 15.9 Å². The molecule has 1 unspecified atom stereocenters. The van der Waals surface area contributed by atoms with Gasteiger partial charge in [0.25, 0.3) is 0 Å². The Hall–Kier alpha value is -1.20. The summed E-state index contributed by atoms with van der Waals surface area (Å²) in [6.07, 6.45) is 2.96. The van der Waals surface area contributed by atoms with E-state index in [2.05, 4.69) is 21.2 Å². The van der Waals surface area contributed by atoms with E-state index in [9.17, 15) is 8.78 Å². The van der Waals surface area contributed by atoms with Gasteiger partial charge in [-0.1, -0.05) is 6.92 Å². The molecule has 0 aliphatic heterocycles. The highest BCUT2D eigenvalue weighted by Crippen LogP contribution is 2.30. The van der Waals surface area contributed by atoms with Crippen LogP contribution < -0.4 is 5.32 Å². The normalized spacial score (nSPS) is 12.7. The summed E-state index contributed by atoms with van der Waals surface area (Å²) >= 11 is 3.07. The zero-order chi connectivity index (χ0) is 13.1. The second-order valence-corrected chi connectivity index (χ2v) is 4.66. The van der Waals surface area contributed by atoms with E-state index in [4.69, 9.17) is 4.42 Å². The number of hydrogen-bond donors (Lipinski definition) is 1. The van der Waals surface area contributed by atoms with Crippen molar-refractivity contribution in [1.29, 1.82) is 0 Å². The summed E-state index contributed by atoms with van der Waals surface area (Å²) < 4.78 is 33.2. The van der Waals surface area contributed by atoms with Crippen LogP contribution in [0, 0.1) is 11.6 Å². The Balaban J connectivity index is 2.52. The lowest BCUT2D eigenvalue weighted by Crippen LogP contribution is -2.23. The predicted molar refractivity (Wildman–Crippen MR) is 68.3 cm³/mol. The molecule has 0 spiro atoms. The van der Waals surface area contributed by atoms with Crippen LogP contribution in [0.25, 0.3) is 0 Å². The Morgan fingerprint density at radius 3 is 2.72 bits per heavy atom. The topological polar surface area (TPSA) is 25.2 Å². The Bertz CT molecular complexity index is 528. The highest BCUT2D eigenvalue weighted by atomic mass is 79.9. The molecule has 0 bridgehead atoms. The zero-order valence-electron chi connectivity index (χ0n) is 9.71. The summed E-state index contributed by atoms with van der Waals surface area (Å²) in [6.45, 7) is 2.46. The number of hydrogen-bond acceptors (Lipinski definition) is 2. The second-order valence-electron chi connectivity index (χ2n) is 3.80. The summed E-state index contributed by atoms with van der Waals surface area (Å²) in [4.78, 5) is 0. The molecule has 1 heterocycles. The van der Waals surface area contributed by atoms with Crippen LogP contribution in [0.15, 0.2) is 39.6 Å². The van der Waals surface area contributed by atoms with Crippen LogP contribution in [-0.2, 0) is 0 Å². The van der Waals surface area contributed by atoms with Crippen LogP contribution >= 0.6 is 15.9 Å². The van der Waals surface area contributed by atoms with Gasteiger partial charge in [0.05, 0.1) is 23.0 Å². The molecule has 0 radical (unpaired) electrons. The van der Waals surface area contributed by atoms with E-state index in [0.29, 0.717) is 12.1 Å². The average molecular weight is 316 g/mol. The van der Waals surface area contributed by atoms with Crippen molar-refractivity contribution in [3.05, 3.63) is 58.0 Å². The van der Waals surface area contributed by atoms with Crippen LogP contribution in [0.2, 0.25) is 0 Å². The summed E-state index contributed by atoms with van der Waals surface area (Å²) in [7, 11) is 0. The van der Waals surface area contributed by atoms with Crippen LogP contribution in [0.3, 0.4) is 0 Å². The number of furan rings is 1. The van der Waals surface area contributed by atoms with Crippen LogP contribution in [0.5, 0.6) is 0 Å². The van der Waals surface area contributed by atoms with Gasteiger partial charge in [-0.2, -0.15) is 0 Å². The minimum absolute atomic E-state index is 0.00683. The monoisotopic (exact) mass is 315 g/mol. The molecular weight excluding hydrogens is 304 g/mol. The van der Waals surface area contributed by atoms with Crippen molar-refractivity contribution in [2.45, 2.75) is 13.0 Å². The zero-order valence-corrected chi connectivity index (χ0v) is 11.3. The molecule has 2 nitrogen and oxygen atoms in total. The first-order chi connectivity index (χ1) is 8.65. The SMILES string of the molecule is CCNC(c1ccoc1)c1c(F)ccc(Br)c1F. The van der Waals surface area contributed by atoms with Crippen LogP contribution in [-0.4, -0.2) is 6.54 Å². The van der Waals surface area contributed by atoms with Gasteiger partial charge in [0.2, 0.25) is 0 Å². The first-order valence-electron chi connectivity index (χ1n) is 5.54. The quantitative estimate of drug-likeness (QED) is 0.862. The number of nitrogens with one attached hydrogen (secondary N) is 1. The third-order valence-corrected chi connectivity index (χ3v) is 3.27. The summed E-state index contributed by atoms with van der Waals surface area (Å²) in [5.41, 5.74) is 0.681. The summed E-state index contributed by atoms with van der Waals surface area (Å²) in [5, 5.41) is 3.05. The Morgan fingerprint density at radius 1 is 1.33 bits per heavy atom. The molecule has 0 amide bonds. The van der Waals surface area contributed by atoms with Gasteiger partial charge >= 0.3 is 0 Å². The van der Waals surface area contributed by atoms with Crippen molar-refractivity contribution < 1.29 is 13.2 Å². The first kappa shape index (κ1) is 13.2. The maximum Gasteiger partial charge on any atom is 0.145 e. The minimum atomic E-state index is -0.595. The highest BCUT2D eigenvalue weighted by molar-refractivity contribution is 9.10. The molecule has 0 saturated carbocycles. The van der Waals surface area contributed by atoms with Crippen LogP contribution in [0.1, 0.15) is 24.1 Å². The van der Waals surface area contributed by atoms with E-state index in [1.165, 1.54) is 24.7 Å². The van der Waals surface area contributed by atoms with Crippen molar-refractivity contribution in [1.82, 2.24) is 5.32 Å². The Morgan fingerprint density at radius 2 is 2.11 bits per heavy atom. The van der Waals surface area contributed by atoms with Crippen LogP contribution in [0.4, 0.5) is 8.78 Å². The fourth-order valence-corrected chi connectivity index (χ4v) is 2.18. The molecule has 96 valence electrons. The van der Waals surface area contributed by atoms with Gasteiger partial charge in [-0.25, -0.2) is 8.78 Å². The third kappa shape index (κ3) is 2.47. The van der Waals surface area contributed by atoms with E-state index >= 15 is 0 Å². The molecule has 2 aromatic rings. The summed E-state index contributed by atoms with van der Waals surface area (Å²) in [6, 6.07) is 3.72. The molecular formula is C13H12BrF2NO. The van der Waals surface area contributed by atoms with Gasteiger partial charge in [0, 0.05) is 11.1 Å². The fourth-order valence-electron chi connectivity index (χ4n) is 1.84. The third-order valence-electron chi connectivity index (χ3n) is 2.65. The van der Waals surface area contributed by atoms with Gasteiger partial charge < -0.3 is 9.73 Å². The van der Waals surface area contributed by atoms with Crippen molar-refractivity contribution in [2.24, 2.45) is 0 Å². The van der Waals surface area contributed by atoms with E-state index < -0.39 is 17.7 Å². The molecule has 18 heavy (non-hydrogen) atoms. The number of rotatable bonds is 4. The standard InChI is InChI=1S/C13H12BrF2NO/c1-2-17-13(8-5-6-18-7-8)11-10(15)4-3-9(14)12(11)16/h3-7,13,17H,2H2,1H3. The average Bonchev–Trinajstić information content (AvgIpc) is 2.87. The highest BCUT2D eigenvalue weighted by Gasteiger charge is 2.23. The lowest BCUT2D eigenvalue weighted by atomic mass is 10.00. The van der Waals surface area contributed by atoms with E-state index in [0.717, 1.165) is 0 Å². The predicted octanol–water partition coefficient (Wildman–Crippen LogP) is 4.02. The van der Waals surface area contributed by atoms with E-state index in [-0.39, 0.29) is 10.0 Å².